The summed E-state index contributed by atoms with van der Waals surface area (Å²) in [5, 5.41) is 2.68. The van der Waals surface area contributed by atoms with Crippen molar-refractivity contribution in [1.29, 1.82) is 0 Å². The summed E-state index contributed by atoms with van der Waals surface area (Å²) in [7, 11) is -2.29. The zero-order valence-corrected chi connectivity index (χ0v) is 13.2. The topological polar surface area (TPSA) is 111 Å². The normalized spacial score (nSPS) is 11.4. The molecule has 21 heavy (non-hydrogen) atoms. The second-order valence-electron chi connectivity index (χ2n) is 4.77. The molecule has 1 aromatic carbocycles. The quantitative estimate of drug-likeness (QED) is 0.634. The van der Waals surface area contributed by atoms with Gasteiger partial charge >= 0.3 is 0 Å². The van der Waals surface area contributed by atoms with Crippen molar-refractivity contribution >= 4 is 21.6 Å². The van der Waals surface area contributed by atoms with E-state index in [9.17, 15) is 13.2 Å². The van der Waals surface area contributed by atoms with Crippen LogP contribution in [0.3, 0.4) is 0 Å². The van der Waals surface area contributed by atoms with Crippen LogP contribution in [0.25, 0.3) is 0 Å². The molecular weight excluding hydrogens is 294 g/mol. The van der Waals surface area contributed by atoms with E-state index in [1.807, 2.05) is 13.8 Å². The zero-order valence-electron chi connectivity index (χ0n) is 12.3. The van der Waals surface area contributed by atoms with Crippen molar-refractivity contribution in [3.63, 3.8) is 0 Å². The number of hydrogen-bond donors (Lipinski definition) is 3. The van der Waals surface area contributed by atoms with Gasteiger partial charge in [0.1, 0.15) is 5.75 Å². The van der Waals surface area contributed by atoms with Crippen molar-refractivity contribution < 1.29 is 17.9 Å². The highest BCUT2D eigenvalue weighted by atomic mass is 32.2. The fourth-order valence-electron chi connectivity index (χ4n) is 1.64. The van der Waals surface area contributed by atoms with Crippen molar-refractivity contribution in [3.05, 3.63) is 18.2 Å². The van der Waals surface area contributed by atoms with Crippen molar-refractivity contribution in [3.8, 4) is 5.75 Å². The Kier molecular flexibility index (Phi) is 5.98. The van der Waals surface area contributed by atoms with Crippen LogP contribution in [-0.2, 0) is 14.8 Å². The van der Waals surface area contributed by atoms with E-state index in [0.29, 0.717) is 5.69 Å². The lowest BCUT2D eigenvalue weighted by Gasteiger charge is -2.11. The van der Waals surface area contributed by atoms with Gasteiger partial charge in [0.15, 0.2) is 0 Å². The molecule has 1 amide bonds. The number of sulfonamides is 1. The number of amides is 1. The van der Waals surface area contributed by atoms with Crippen LogP contribution in [0.5, 0.6) is 5.75 Å². The number of rotatable bonds is 7. The molecule has 118 valence electrons. The first kappa shape index (κ1) is 17.3. The molecule has 1 rings (SSSR count). The maximum atomic E-state index is 12.1. The van der Waals surface area contributed by atoms with Crippen LogP contribution in [0.1, 0.15) is 20.3 Å². The number of benzene rings is 1. The lowest BCUT2D eigenvalue weighted by molar-refractivity contribution is -0.121. The van der Waals surface area contributed by atoms with E-state index < -0.39 is 10.0 Å². The van der Waals surface area contributed by atoms with Crippen LogP contribution in [0, 0.1) is 0 Å². The van der Waals surface area contributed by atoms with Crippen molar-refractivity contribution in [2.75, 3.05) is 19.4 Å². The number of ether oxygens (including phenoxy) is 1. The summed E-state index contributed by atoms with van der Waals surface area (Å²) in [5.74, 6) is 0.0815. The number of nitrogens with one attached hydrogen (secondary N) is 2. The van der Waals surface area contributed by atoms with Crippen LogP contribution in [0.2, 0.25) is 0 Å². The van der Waals surface area contributed by atoms with E-state index in [1.165, 1.54) is 25.3 Å². The summed E-state index contributed by atoms with van der Waals surface area (Å²) in [4.78, 5) is 11.5. The lowest BCUT2D eigenvalue weighted by Crippen LogP contribution is -2.34. The molecule has 0 unspecified atom stereocenters. The smallest absolute Gasteiger partial charge is 0.240 e. The fraction of sp³-hybridized carbons (Fsp3) is 0.462. The van der Waals surface area contributed by atoms with E-state index in [1.54, 1.807) is 0 Å². The molecule has 8 heteroatoms. The van der Waals surface area contributed by atoms with E-state index >= 15 is 0 Å². The molecule has 0 saturated heterocycles. The predicted molar refractivity (Wildman–Crippen MR) is 80.5 cm³/mol. The molecule has 0 radical (unpaired) electrons. The van der Waals surface area contributed by atoms with Crippen LogP contribution < -0.4 is 20.5 Å². The molecule has 0 fully saturated rings. The summed E-state index contributed by atoms with van der Waals surface area (Å²) in [6.07, 6.45) is 0.0729. The third kappa shape index (κ3) is 5.24. The molecule has 4 N–H and O–H groups in total. The van der Waals surface area contributed by atoms with Crippen LogP contribution in [-0.4, -0.2) is 34.0 Å². The van der Waals surface area contributed by atoms with Gasteiger partial charge in [0.05, 0.1) is 17.7 Å². The summed E-state index contributed by atoms with van der Waals surface area (Å²) < 4.78 is 31.5. The van der Waals surface area contributed by atoms with E-state index in [0.717, 1.165) is 0 Å². The van der Waals surface area contributed by atoms with Crippen LogP contribution in [0.15, 0.2) is 23.1 Å². The Balaban J connectivity index is 2.68. The molecule has 1 aromatic rings. The molecule has 0 bridgehead atoms. The fourth-order valence-corrected chi connectivity index (χ4v) is 2.68. The lowest BCUT2D eigenvalue weighted by atomic mass is 10.3. The number of nitrogens with two attached hydrogens (primary N) is 1. The van der Waals surface area contributed by atoms with Crippen molar-refractivity contribution in [2.45, 2.75) is 31.2 Å². The monoisotopic (exact) mass is 315 g/mol. The molecule has 0 aliphatic rings. The second kappa shape index (κ2) is 7.28. The third-order valence-electron chi connectivity index (χ3n) is 2.61. The molecule has 0 aromatic heterocycles. The Bertz CT molecular complexity index is 599. The van der Waals surface area contributed by atoms with Crippen LogP contribution in [0.4, 0.5) is 5.69 Å². The summed E-state index contributed by atoms with van der Waals surface area (Å²) >= 11 is 0. The predicted octanol–water partition coefficient (Wildman–Crippen LogP) is 0.470. The van der Waals surface area contributed by atoms with Gasteiger partial charge in [0.2, 0.25) is 15.9 Å². The second-order valence-corrected chi connectivity index (χ2v) is 6.54. The first-order valence-corrected chi connectivity index (χ1v) is 7.97. The van der Waals surface area contributed by atoms with E-state index in [-0.39, 0.29) is 35.6 Å². The highest BCUT2D eigenvalue weighted by Gasteiger charge is 2.16. The Morgan fingerprint density at radius 3 is 2.62 bits per heavy atom. The zero-order chi connectivity index (χ0) is 16.0. The van der Waals surface area contributed by atoms with Gasteiger partial charge in [-0.1, -0.05) is 0 Å². The van der Waals surface area contributed by atoms with Gasteiger partial charge in [-0.25, -0.2) is 13.1 Å². The number of hydrogen-bond acceptors (Lipinski definition) is 5. The van der Waals surface area contributed by atoms with Gasteiger partial charge in [-0.15, -0.1) is 0 Å². The van der Waals surface area contributed by atoms with Crippen molar-refractivity contribution in [2.24, 2.45) is 0 Å². The maximum absolute atomic E-state index is 12.1. The first-order valence-electron chi connectivity index (χ1n) is 6.49. The Hall–Kier alpha value is -1.80. The average molecular weight is 315 g/mol. The molecule has 7 nitrogen and oxygen atoms in total. The maximum Gasteiger partial charge on any atom is 0.240 e. The highest BCUT2D eigenvalue weighted by molar-refractivity contribution is 7.89. The number of anilines is 1. The van der Waals surface area contributed by atoms with Gasteiger partial charge in [0, 0.05) is 25.1 Å². The van der Waals surface area contributed by atoms with E-state index in [2.05, 4.69) is 10.0 Å². The SMILES string of the molecule is COc1cc(S(=O)(=O)NCCC(=O)NC(C)C)ccc1N. The minimum Gasteiger partial charge on any atom is -0.495 e. The Morgan fingerprint density at radius 2 is 2.05 bits per heavy atom. The highest BCUT2D eigenvalue weighted by Crippen LogP contribution is 2.24. The molecule has 0 spiro atoms. The largest absolute Gasteiger partial charge is 0.495 e. The van der Waals surface area contributed by atoms with Gasteiger partial charge in [-0.2, -0.15) is 0 Å². The molecule has 0 heterocycles. The Labute approximate surface area is 124 Å². The van der Waals surface area contributed by atoms with Gasteiger partial charge < -0.3 is 15.8 Å². The van der Waals surface area contributed by atoms with E-state index in [4.69, 9.17) is 10.5 Å². The molecule has 0 atom stereocenters. The van der Waals surface area contributed by atoms with Crippen LogP contribution >= 0.6 is 0 Å². The number of carbonyl (C=O) groups excluding carboxylic acids is 1. The average Bonchev–Trinajstić information content (AvgIpc) is 2.37. The summed E-state index contributed by atoms with van der Waals surface area (Å²) in [5.41, 5.74) is 5.99. The van der Waals surface area contributed by atoms with Gasteiger partial charge in [-0.05, 0) is 26.0 Å². The molecule has 0 saturated carbocycles. The molecular formula is C13H21N3O4S. The third-order valence-corrected chi connectivity index (χ3v) is 4.07. The standard InChI is InChI=1S/C13H21N3O4S/c1-9(2)16-13(17)6-7-15-21(18,19)10-4-5-11(14)12(8-10)20-3/h4-5,8-9,15H,6-7,14H2,1-3H3,(H,16,17). The minimum atomic E-state index is -3.70. The first-order chi connectivity index (χ1) is 9.76. The minimum absolute atomic E-state index is 0.0214. The summed E-state index contributed by atoms with van der Waals surface area (Å²) in [6, 6.07) is 4.20. The Morgan fingerprint density at radius 1 is 1.38 bits per heavy atom. The molecule has 0 aliphatic heterocycles. The van der Waals surface area contributed by atoms with Gasteiger partial charge in [0.25, 0.3) is 0 Å². The number of carbonyl (C=O) groups is 1. The summed E-state index contributed by atoms with van der Waals surface area (Å²) in [6.45, 7) is 3.69. The number of nitrogen functional groups attached to an aromatic ring is 1. The molecule has 0 aliphatic carbocycles. The van der Waals surface area contributed by atoms with Gasteiger partial charge in [-0.3, -0.25) is 4.79 Å². The number of methoxy groups -OCH3 is 1. The van der Waals surface area contributed by atoms with Crippen molar-refractivity contribution in [1.82, 2.24) is 10.0 Å².